The SMILES string of the molecule is CCCCCc1ccc(CCc2ccc(CCCCC)cc2)cc1. The number of hydrogen-bond acceptors (Lipinski definition) is 0. The Morgan fingerprint density at radius 3 is 1.00 bits per heavy atom. The van der Waals surface area contributed by atoms with Gasteiger partial charge in [-0.3, -0.25) is 0 Å². The molecule has 24 heavy (non-hydrogen) atoms. The Labute approximate surface area is 149 Å². The molecule has 0 heterocycles. The molecule has 0 bridgehead atoms. The van der Waals surface area contributed by atoms with Crippen LogP contribution in [0.1, 0.15) is 74.6 Å². The van der Waals surface area contributed by atoms with Crippen molar-refractivity contribution in [3.8, 4) is 0 Å². The third kappa shape index (κ3) is 6.91. The Hall–Kier alpha value is -1.56. The second-order valence-electron chi connectivity index (χ2n) is 7.05. The minimum Gasteiger partial charge on any atom is -0.0654 e. The highest BCUT2D eigenvalue weighted by molar-refractivity contribution is 5.26. The molecule has 2 aromatic carbocycles. The molecule has 0 heteroatoms. The monoisotopic (exact) mass is 322 g/mol. The summed E-state index contributed by atoms with van der Waals surface area (Å²) in [4.78, 5) is 0. The van der Waals surface area contributed by atoms with Gasteiger partial charge in [-0.05, 0) is 60.8 Å². The first kappa shape index (κ1) is 18.8. The zero-order valence-electron chi connectivity index (χ0n) is 15.7. The fraction of sp³-hybridized carbons (Fsp3) is 0.500. The molecule has 0 N–H and O–H groups in total. The van der Waals surface area contributed by atoms with Gasteiger partial charge in [0.15, 0.2) is 0 Å². The van der Waals surface area contributed by atoms with E-state index in [1.54, 1.807) is 0 Å². The molecule has 0 saturated heterocycles. The predicted octanol–water partition coefficient (Wildman–Crippen LogP) is 6.94. The molecule has 2 aromatic rings. The zero-order chi connectivity index (χ0) is 17.0. The van der Waals surface area contributed by atoms with Crippen molar-refractivity contribution in [1.29, 1.82) is 0 Å². The van der Waals surface area contributed by atoms with Gasteiger partial charge in [0, 0.05) is 0 Å². The van der Waals surface area contributed by atoms with Crippen molar-refractivity contribution in [2.45, 2.75) is 78.1 Å². The fourth-order valence-corrected chi connectivity index (χ4v) is 3.19. The Morgan fingerprint density at radius 2 is 0.708 bits per heavy atom. The van der Waals surface area contributed by atoms with Crippen LogP contribution in [-0.2, 0) is 25.7 Å². The van der Waals surface area contributed by atoms with Crippen molar-refractivity contribution in [3.05, 3.63) is 70.8 Å². The molecule has 0 amide bonds. The molecule has 0 unspecified atom stereocenters. The lowest BCUT2D eigenvalue weighted by molar-refractivity contribution is 0.717. The summed E-state index contributed by atoms with van der Waals surface area (Å²) in [6, 6.07) is 18.6. The maximum Gasteiger partial charge on any atom is -0.0238 e. The van der Waals surface area contributed by atoms with E-state index >= 15 is 0 Å². The van der Waals surface area contributed by atoms with Crippen molar-refractivity contribution >= 4 is 0 Å². The van der Waals surface area contributed by atoms with Gasteiger partial charge >= 0.3 is 0 Å². The van der Waals surface area contributed by atoms with Crippen molar-refractivity contribution in [3.63, 3.8) is 0 Å². The van der Waals surface area contributed by atoms with Gasteiger partial charge in [0.05, 0.1) is 0 Å². The van der Waals surface area contributed by atoms with Gasteiger partial charge in [-0.2, -0.15) is 0 Å². The highest BCUT2D eigenvalue weighted by Crippen LogP contribution is 2.13. The van der Waals surface area contributed by atoms with Crippen LogP contribution >= 0.6 is 0 Å². The minimum absolute atomic E-state index is 1.14. The van der Waals surface area contributed by atoms with Crippen LogP contribution in [0, 0.1) is 0 Å². The largest absolute Gasteiger partial charge is 0.0654 e. The van der Waals surface area contributed by atoms with Crippen molar-refractivity contribution in [2.75, 3.05) is 0 Å². The standard InChI is InChI=1S/C24H34/c1-3-5-7-9-21-11-15-23(16-12-21)19-20-24-17-13-22(14-18-24)10-8-6-4-2/h11-18H,3-10,19-20H2,1-2H3. The van der Waals surface area contributed by atoms with E-state index in [9.17, 15) is 0 Å². The molecule has 0 nitrogen and oxygen atoms in total. The Kier molecular flexibility index (Phi) is 8.66. The van der Waals surface area contributed by atoms with Gasteiger partial charge in [-0.1, -0.05) is 88.1 Å². The van der Waals surface area contributed by atoms with Crippen LogP contribution in [0.4, 0.5) is 0 Å². The van der Waals surface area contributed by atoms with Crippen LogP contribution in [0.25, 0.3) is 0 Å². The molecule has 0 spiro atoms. The summed E-state index contributed by atoms with van der Waals surface area (Å²) in [5.74, 6) is 0. The average Bonchev–Trinajstić information content (AvgIpc) is 2.63. The number of benzene rings is 2. The van der Waals surface area contributed by atoms with Crippen LogP contribution in [0.3, 0.4) is 0 Å². The van der Waals surface area contributed by atoms with E-state index in [0.717, 1.165) is 12.8 Å². The van der Waals surface area contributed by atoms with Crippen LogP contribution in [0.5, 0.6) is 0 Å². The number of rotatable bonds is 11. The van der Waals surface area contributed by atoms with Crippen molar-refractivity contribution in [2.24, 2.45) is 0 Å². The molecule has 0 fully saturated rings. The summed E-state index contributed by atoms with van der Waals surface area (Å²) in [5.41, 5.74) is 5.90. The minimum atomic E-state index is 1.14. The maximum absolute atomic E-state index is 2.32. The van der Waals surface area contributed by atoms with Gasteiger partial charge in [-0.25, -0.2) is 0 Å². The Balaban J connectivity index is 1.76. The number of hydrogen-bond donors (Lipinski definition) is 0. The lowest BCUT2D eigenvalue weighted by Gasteiger charge is -2.06. The first-order chi connectivity index (χ1) is 11.8. The Morgan fingerprint density at radius 1 is 0.417 bits per heavy atom. The Bertz CT molecular complexity index is 494. The third-order valence-corrected chi connectivity index (χ3v) is 4.89. The van der Waals surface area contributed by atoms with Crippen molar-refractivity contribution < 1.29 is 0 Å². The summed E-state index contributed by atoms with van der Waals surface area (Å²) < 4.78 is 0. The summed E-state index contributed by atoms with van der Waals surface area (Å²) >= 11 is 0. The number of aryl methyl sites for hydroxylation is 4. The molecule has 0 aromatic heterocycles. The molecule has 0 aliphatic rings. The van der Waals surface area contributed by atoms with E-state index in [4.69, 9.17) is 0 Å². The molecule has 0 aliphatic heterocycles. The first-order valence-electron chi connectivity index (χ1n) is 9.97. The van der Waals surface area contributed by atoms with Crippen molar-refractivity contribution in [1.82, 2.24) is 0 Å². The topological polar surface area (TPSA) is 0 Å². The second kappa shape index (κ2) is 11.1. The third-order valence-electron chi connectivity index (χ3n) is 4.89. The maximum atomic E-state index is 2.32. The molecule has 0 aliphatic carbocycles. The van der Waals surface area contributed by atoms with E-state index in [-0.39, 0.29) is 0 Å². The van der Waals surface area contributed by atoms with E-state index in [1.165, 1.54) is 73.6 Å². The molecular weight excluding hydrogens is 288 g/mol. The van der Waals surface area contributed by atoms with E-state index in [1.807, 2.05) is 0 Å². The summed E-state index contributed by atoms with van der Waals surface area (Å²) in [7, 11) is 0. The zero-order valence-corrected chi connectivity index (χ0v) is 15.7. The number of unbranched alkanes of at least 4 members (excludes halogenated alkanes) is 4. The predicted molar refractivity (Wildman–Crippen MR) is 107 cm³/mol. The van der Waals surface area contributed by atoms with Crippen LogP contribution in [-0.4, -0.2) is 0 Å². The van der Waals surface area contributed by atoms with E-state index in [0.29, 0.717) is 0 Å². The molecule has 0 saturated carbocycles. The van der Waals surface area contributed by atoms with Gasteiger partial charge in [0.25, 0.3) is 0 Å². The summed E-state index contributed by atoms with van der Waals surface area (Å²) in [5, 5.41) is 0. The quantitative estimate of drug-likeness (QED) is 0.393. The van der Waals surface area contributed by atoms with Gasteiger partial charge in [0.1, 0.15) is 0 Å². The fourth-order valence-electron chi connectivity index (χ4n) is 3.19. The summed E-state index contributed by atoms with van der Waals surface area (Å²) in [6.07, 6.45) is 12.7. The van der Waals surface area contributed by atoms with Crippen LogP contribution in [0.15, 0.2) is 48.5 Å². The highest BCUT2D eigenvalue weighted by atomic mass is 14.0. The second-order valence-corrected chi connectivity index (χ2v) is 7.05. The van der Waals surface area contributed by atoms with Crippen LogP contribution in [0.2, 0.25) is 0 Å². The smallest absolute Gasteiger partial charge is 0.0238 e. The summed E-state index contributed by atoms with van der Waals surface area (Å²) in [6.45, 7) is 4.53. The normalized spacial score (nSPS) is 10.9. The average molecular weight is 323 g/mol. The lowest BCUT2D eigenvalue weighted by Crippen LogP contribution is -1.93. The van der Waals surface area contributed by atoms with Gasteiger partial charge in [-0.15, -0.1) is 0 Å². The first-order valence-corrected chi connectivity index (χ1v) is 9.97. The molecular formula is C24H34. The molecule has 2 rings (SSSR count). The molecule has 0 radical (unpaired) electrons. The van der Waals surface area contributed by atoms with Gasteiger partial charge in [0.2, 0.25) is 0 Å². The van der Waals surface area contributed by atoms with Crippen LogP contribution < -0.4 is 0 Å². The molecule has 0 atom stereocenters. The molecule has 130 valence electrons. The van der Waals surface area contributed by atoms with Gasteiger partial charge < -0.3 is 0 Å². The van der Waals surface area contributed by atoms with E-state index in [2.05, 4.69) is 62.4 Å². The van der Waals surface area contributed by atoms with E-state index < -0.39 is 0 Å². The lowest BCUT2D eigenvalue weighted by atomic mass is 9.99. The highest BCUT2D eigenvalue weighted by Gasteiger charge is 1.99.